The number of nitrogen functional groups attached to an aromatic ring is 1. The fourth-order valence-electron chi connectivity index (χ4n) is 0.729. The van der Waals surface area contributed by atoms with E-state index >= 15 is 0 Å². The number of anilines is 1. The van der Waals surface area contributed by atoms with Crippen molar-refractivity contribution in [3.63, 3.8) is 0 Å². The van der Waals surface area contributed by atoms with Crippen LogP contribution in [0.4, 0.5) is 5.82 Å². The molecule has 0 bridgehead atoms. The highest BCUT2D eigenvalue weighted by Crippen LogP contribution is 2.13. The first-order valence-corrected chi connectivity index (χ1v) is 4.55. The van der Waals surface area contributed by atoms with Gasteiger partial charge >= 0.3 is 0 Å². The number of primary sulfonamides is 1. The van der Waals surface area contributed by atoms with E-state index in [2.05, 4.69) is 10.4 Å². The lowest BCUT2D eigenvalue weighted by Gasteiger charge is -2.03. The molecule has 0 saturated heterocycles. The van der Waals surface area contributed by atoms with Gasteiger partial charge in [0.2, 0.25) is 10.0 Å². The van der Waals surface area contributed by atoms with E-state index in [4.69, 9.17) is 11.0 Å². The quantitative estimate of drug-likeness (QED) is 0.408. The van der Waals surface area contributed by atoms with Crippen LogP contribution < -0.4 is 16.4 Å². The molecule has 1 aromatic heterocycles. The molecule has 66 valence electrons. The summed E-state index contributed by atoms with van der Waals surface area (Å²) in [4.78, 5) is 3.55. The summed E-state index contributed by atoms with van der Waals surface area (Å²) in [5.74, 6) is 5.06. The first-order chi connectivity index (χ1) is 5.55. The summed E-state index contributed by atoms with van der Waals surface area (Å²) in [5.41, 5.74) is 2.13. The van der Waals surface area contributed by atoms with Gasteiger partial charge in [0.15, 0.2) is 5.82 Å². The Bertz CT molecular complexity index is 375. The van der Waals surface area contributed by atoms with Crippen molar-refractivity contribution in [3.05, 3.63) is 18.3 Å². The minimum absolute atomic E-state index is 0.0417. The minimum Gasteiger partial charge on any atom is -0.307 e. The van der Waals surface area contributed by atoms with Crippen LogP contribution in [-0.2, 0) is 10.0 Å². The predicted molar refractivity (Wildman–Crippen MR) is 43.4 cm³/mol. The Morgan fingerprint density at radius 2 is 2.17 bits per heavy atom. The smallest absolute Gasteiger partial charge is 0.241 e. The van der Waals surface area contributed by atoms with Crippen LogP contribution in [-0.4, -0.2) is 13.4 Å². The highest BCUT2D eigenvalue weighted by atomic mass is 32.2. The van der Waals surface area contributed by atoms with Crippen LogP contribution in [0, 0.1) is 0 Å². The number of pyridine rings is 1. The molecule has 1 heterocycles. The zero-order valence-corrected chi connectivity index (χ0v) is 6.88. The van der Waals surface area contributed by atoms with Crippen molar-refractivity contribution in [3.8, 4) is 0 Å². The van der Waals surface area contributed by atoms with E-state index in [9.17, 15) is 8.42 Å². The number of nitrogens with zero attached hydrogens (tertiary/aromatic N) is 1. The van der Waals surface area contributed by atoms with Gasteiger partial charge in [0, 0.05) is 6.20 Å². The van der Waals surface area contributed by atoms with Crippen LogP contribution in [0.2, 0.25) is 0 Å². The van der Waals surface area contributed by atoms with Gasteiger partial charge < -0.3 is 5.43 Å². The SMILES string of the molecule is NNc1ncccc1S(N)(=O)=O. The lowest BCUT2D eigenvalue weighted by molar-refractivity contribution is 0.597. The van der Waals surface area contributed by atoms with Gasteiger partial charge in [0.25, 0.3) is 0 Å². The summed E-state index contributed by atoms with van der Waals surface area (Å²) in [6.07, 6.45) is 1.41. The Morgan fingerprint density at radius 3 is 2.58 bits per heavy atom. The molecule has 0 atom stereocenters. The van der Waals surface area contributed by atoms with E-state index in [0.29, 0.717) is 0 Å². The Labute approximate surface area is 69.6 Å². The van der Waals surface area contributed by atoms with Gasteiger partial charge in [-0.05, 0) is 12.1 Å². The van der Waals surface area contributed by atoms with Crippen molar-refractivity contribution in [1.82, 2.24) is 4.98 Å². The van der Waals surface area contributed by atoms with Crippen molar-refractivity contribution >= 4 is 15.8 Å². The van der Waals surface area contributed by atoms with E-state index < -0.39 is 10.0 Å². The van der Waals surface area contributed by atoms with Gasteiger partial charge in [0.05, 0.1) is 0 Å². The number of hydrazine groups is 1. The second-order valence-corrected chi connectivity index (χ2v) is 3.57. The van der Waals surface area contributed by atoms with Crippen molar-refractivity contribution in [2.24, 2.45) is 11.0 Å². The monoisotopic (exact) mass is 188 g/mol. The van der Waals surface area contributed by atoms with E-state index in [1.807, 2.05) is 0 Å². The van der Waals surface area contributed by atoms with Crippen LogP contribution in [0.25, 0.3) is 0 Å². The third-order valence-electron chi connectivity index (χ3n) is 1.21. The van der Waals surface area contributed by atoms with Gasteiger partial charge in [0.1, 0.15) is 4.90 Å². The molecule has 0 aromatic carbocycles. The van der Waals surface area contributed by atoms with Gasteiger partial charge in [-0.1, -0.05) is 0 Å². The topological polar surface area (TPSA) is 111 Å². The average Bonchev–Trinajstić information content (AvgIpc) is 2.03. The number of aromatic nitrogens is 1. The summed E-state index contributed by atoms with van der Waals surface area (Å²) in [5, 5.41) is 4.87. The van der Waals surface area contributed by atoms with Crippen LogP contribution in [0.1, 0.15) is 0 Å². The molecular formula is C5H8N4O2S. The molecule has 1 rings (SSSR count). The highest BCUT2D eigenvalue weighted by molar-refractivity contribution is 7.89. The Balaban J connectivity index is 3.33. The number of hydrogen-bond donors (Lipinski definition) is 3. The zero-order valence-electron chi connectivity index (χ0n) is 6.06. The molecule has 0 saturated carbocycles. The fourth-order valence-corrected chi connectivity index (χ4v) is 1.38. The average molecular weight is 188 g/mol. The maximum absolute atomic E-state index is 10.9. The Kier molecular flexibility index (Phi) is 2.27. The van der Waals surface area contributed by atoms with Gasteiger partial charge in [-0.2, -0.15) is 0 Å². The van der Waals surface area contributed by atoms with Crippen molar-refractivity contribution in [2.75, 3.05) is 5.43 Å². The molecule has 0 spiro atoms. The number of sulfonamides is 1. The van der Waals surface area contributed by atoms with E-state index in [-0.39, 0.29) is 10.7 Å². The summed E-state index contributed by atoms with van der Waals surface area (Å²) in [6, 6.07) is 2.78. The van der Waals surface area contributed by atoms with Crippen LogP contribution in [0.5, 0.6) is 0 Å². The molecular weight excluding hydrogens is 180 g/mol. The summed E-state index contributed by atoms with van der Waals surface area (Å²) >= 11 is 0. The van der Waals surface area contributed by atoms with E-state index in [1.165, 1.54) is 18.3 Å². The second-order valence-electron chi connectivity index (χ2n) is 2.04. The summed E-state index contributed by atoms with van der Waals surface area (Å²) in [6.45, 7) is 0. The molecule has 1 aromatic rings. The molecule has 0 aliphatic heterocycles. The van der Waals surface area contributed by atoms with Crippen molar-refractivity contribution in [2.45, 2.75) is 4.90 Å². The molecule has 0 unspecified atom stereocenters. The molecule has 0 aliphatic carbocycles. The molecule has 5 N–H and O–H groups in total. The first-order valence-electron chi connectivity index (χ1n) is 3.00. The standard InChI is InChI=1S/C5H8N4O2S/c6-9-5-4(12(7,10)11)2-1-3-8-5/h1-3H,6H2,(H,8,9)(H2,7,10,11). The highest BCUT2D eigenvalue weighted by Gasteiger charge is 2.12. The van der Waals surface area contributed by atoms with E-state index in [1.54, 1.807) is 0 Å². The predicted octanol–water partition coefficient (Wildman–Crippen LogP) is -0.985. The van der Waals surface area contributed by atoms with E-state index in [0.717, 1.165) is 0 Å². The number of nitrogens with two attached hydrogens (primary N) is 2. The van der Waals surface area contributed by atoms with Crippen LogP contribution in [0.15, 0.2) is 23.2 Å². The number of rotatable bonds is 2. The van der Waals surface area contributed by atoms with Gasteiger partial charge in [-0.3, -0.25) is 0 Å². The third kappa shape index (κ3) is 1.70. The Hall–Kier alpha value is -1.18. The third-order valence-corrected chi connectivity index (χ3v) is 2.16. The van der Waals surface area contributed by atoms with Crippen molar-refractivity contribution in [1.29, 1.82) is 0 Å². The minimum atomic E-state index is -3.75. The van der Waals surface area contributed by atoms with Crippen LogP contribution >= 0.6 is 0 Å². The molecule has 0 aliphatic rings. The summed E-state index contributed by atoms with van der Waals surface area (Å²) < 4.78 is 21.7. The second kappa shape index (κ2) is 3.05. The lowest BCUT2D eigenvalue weighted by Crippen LogP contribution is -2.18. The van der Waals surface area contributed by atoms with Crippen LogP contribution in [0.3, 0.4) is 0 Å². The normalized spacial score (nSPS) is 11.2. The molecule has 0 amide bonds. The molecule has 0 fully saturated rings. The maximum Gasteiger partial charge on any atom is 0.241 e. The Morgan fingerprint density at radius 1 is 1.50 bits per heavy atom. The number of hydrogen-bond acceptors (Lipinski definition) is 5. The maximum atomic E-state index is 10.9. The first kappa shape index (κ1) is 8.91. The number of nitrogens with one attached hydrogen (secondary N) is 1. The summed E-state index contributed by atoms with van der Waals surface area (Å²) in [7, 11) is -3.75. The zero-order chi connectivity index (χ0) is 9.19. The van der Waals surface area contributed by atoms with Gasteiger partial charge in [-0.15, -0.1) is 0 Å². The van der Waals surface area contributed by atoms with Gasteiger partial charge in [-0.25, -0.2) is 24.4 Å². The fraction of sp³-hybridized carbons (Fsp3) is 0. The van der Waals surface area contributed by atoms with Crippen molar-refractivity contribution < 1.29 is 8.42 Å². The molecule has 0 radical (unpaired) electrons. The molecule has 12 heavy (non-hydrogen) atoms. The lowest BCUT2D eigenvalue weighted by atomic mass is 10.5. The molecule has 7 heteroatoms. The molecule has 6 nitrogen and oxygen atoms in total. The largest absolute Gasteiger partial charge is 0.307 e.